The number of hydrogen-bond donors (Lipinski definition) is 2. The van der Waals surface area contributed by atoms with E-state index in [1.54, 1.807) is 34.6 Å². The molecule has 0 radical (unpaired) electrons. The van der Waals surface area contributed by atoms with Crippen molar-refractivity contribution < 1.29 is 33.3 Å². The van der Waals surface area contributed by atoms with Crippen LogP contribution in [0.4, 0.5) is 5.69 Å². The second-order valence-electron chi connectivity index (χ2n) is 9.12. The molecule has 9 nitrogen and oxygen atoms in total. The van der Waals surface area contributed by atoms with Crippen LogP contribution in [0.1, 0.15) is 40.2 Å². The van der Waals surface area contributed by atoms with Crippen molar-refractivity contribution >= 4 is 17.5 Å². The number of nitrogens with one attached hydrogen (secondary N) is 2. The van der Waals surface area contributed by atoms with Gasteiger partial charge in [-0.25, -0.2) is 0 Å². The summed E-state index contributed by atoms with van der Waals surface area (Å²) in [6, 6.07) is 6.64. The fraction of sp³-hybridized carbons (Fsp3) is 0.636. The zero-order valence-electron chi connectivity index (χ0n) is 18.6. The van der Waals surface area contributed by atoms with E-state index in [0.29, 0.717) is 5.69 Å². The molecule has 3 aliphatic heterocycles. The van der Waals surface area contributed by atoms with Gasteiger partial charge in [0.05, 0.1) is 0 Å². The van der Waals surface area contributed by atoms with Gasteiger partial charge in [-0.15, -0.1) is 0 Å². The van der Waals surface area contributed by atoms with Crippen LogP contribution in [0.5, 0.6) is 0 Å². The van der Waals surface area contributed by atoms with Gasteiger partial charge in [0.2, 0.25) is 5.91 Å². The molecule has 0 spiro atoms. The van der Waals surface area contributed by atoms with Gasteiger partial charge in [0.15, 0.2) is 24.0 Å². The van der Waals surface area contributed by atoms with Crippen LogP contribution in [0, 0.1) is 6.92 Å². The smallest absolute Gasteiger partial charge is 0.252 e. The van der Waals surface area contributed by atoms with E-state index in [2.05, 4.69) is 10.6 Å². The Balaban J connectivity index is 1.46. The molecular weight excluding hydrogens is 404 g/mol. The summed E-state index contributed by atoms with van der Waals surface area (Å²) in [5, 5.41) is 5.55. The lowest BCUT2D eigenvalue weighted by molar-refractivity contribution is -0.231. The summed E-state index contributed by atoms with van der Waals surface area (Å²) >= 11 is 0. The van der Waals surface area contributed by atoms with Gasteiger partial charge in [0.1, 0.15) is 24.4 Å². The molecule has 1 aromatic carbocycles. The largest absolute Gasteiger partial charge is 0.342 e. The van der Waals surface area contributed by atoms with Crippen LogP contribution < -0.4 is 10.6 Å². The van der Waals surface area contributed by atoms with Crippen molar-refractivity contribution in [2.24, 2.45) is 0 Å². The second kappa shape index (κ2) is 7.83. The first-order valence-corrected chi connectivity index (χ1v) is 10.5. The monoisotopic (exact) mass is 434 g/mol. The molecule has 0 aliphatic carbocycles. The van der Waals surface area contributed by atoms with E-state index in [0.717, 1.165) is 5.56 Å². The number of hydrogen-bond acceptors (Lipinski definition) is 7. The molecular formula is C22H30N2O7. The summed E-state index contributed by atoms with van der Waals surface area (Å²) in [6.07, 6.45) is -3.55. The molecule has 6 atom stereocenters. The molecule has 170 valence electrons. The molecule has 0 saturated carbocycles. The van der Waals surface area contributed by atoms with Gasteiger partial charge in [-0.1, -0.05) is 18.2 Å². The average Bonchev–Trinajstić information content (AvgIpc) is 3.16. The Bertz CT molecular complexity index is 871. The van der Waals surface area contributed by atoms with Crippen LogP contribution in [-0.4, -0.2) is 60.1 Å². The van der Waals surface area contributed by atoms with Crippen LogP contribution in [0.25, 0.3) is 0 Å². The molecule has 0 unspecified atom stereocenters. The van der Waals surface area contributed by atoms with E-state index < -0.39 is 54.2 Å². The number of carbonyl (C=O) groups is 2. The number of benzene rings is 1. The number of para-hydroxylation sites is 1. The quantitative estimate of drug-likeness (QED) is 0.745. The van der Waals surface area contributed by atoms with Crippen molar-refractivity contribution in [3.05, 3.63) is 29.8 Å². The van der Waals surface area contributed by atoms with Crippen LogP contribution in [0.15, 0.2) is 24.3 Å². The van der Waals surface area contributed by atoms with Crippen LogP contribution in [0.2, 0.25) is 0 Å². The maximum Gasteiger partial charge on any atom is 0.252 e. The zero-order valence-corrected chi connectivity index (χ0v) is 18.6. The highest BCUT2D eigenvalue weighted by Gasteiger charge is 2.62. The fourth-order valence-electron chi connectivity index (χ4n) is 4.14. The summed E-state index contributed by atoms with van der Waals surface area (Å²) in [6.45, 7) is 10.6. The topological polar surface area (TPSA) is 104 Å². The summed E-state index contributed by atoms with van der Waals surface area (Å²) in [7, 11) is 0. The molecule has 31 heavy (non-hydrogen) atoms. The first kappa shape index (κ1) is 22.2. The van der Waals surface area contributed by atoms with Crippen molar-refractivity contribution in [2.45, 2.75) is 89.9 Å². The zero-order chi connectivity index (χ0) is 22.6. The van der Waals surface area contributed by atoms with E-state index in [1.165, 1.54) is 0 Å². The summed E-state index contributed by atoms with van der Waals surface area (Å²) in [5.41, 5.74) is 1.62. The predicted molar refractivity (Wildman–Crippen MR) is 110 cm³/mol. The van der Waals surface area contributed by atoms with Crippen molar-refractivity contribution in [2.75, 3.05) is 5.32 Å². The minimum absolute atomic E-state index is 0.335. The average molecular weight is 434 g/mol. The van der Waals surface area contributed by atoms with Crippen LogP contribution in [-0.2, 0) is 33.3 Å². The highest BCUT2D eigenvalue weighted by atomic mass is 16.9. The Morgan fingerprint density at radius 3 is 2.26 bits per heavy atom. The Morgan fingerprint density at radius 2 is 1.55 bits per heavy atom. The highest BCUT2D eigenvalue weighted by Crippen LogP contribution is 2.44. The van der Waals surface area contributed by atoms with E-state index in [1.807, 2.05) is 31.2 Å². The number of rotatable bonds is 4. The normalized spacial score (nSPS) is 33.8. The summed E-state index contributed by atoms with van der Waals surface area (Å²) < 4.78 is 29.7. The minimum Gasteiger partial charge on any atom is -0.342 e. The van der Waals surface area contributed by atoms with Crippen molar-refractivity contribution in [3.63, 3.8) is 0 Å². The van der Waals surface area contributed by atoms with Gasteiger partial charge in [-0.3, -0.25) is 9.59 Å². The lowest BCUT2D eigenvalue weighted by Gasteiger charge is -2.36. The van der Waals surface area contributed by atoms with Gasteiger partial charge in [-0.2, -0.15) is 0 Å². The van der Waals surface area contributed by atoms with E-state index in [-0.39, 0.29) is 5.91 Å². The molecule has 3 fully saturated rings. The molecule has 0 bridgehead atoms. The fourth-order valence-corrected chi connectivity index (χ4v) is 4.14. The lowest BCUT2D eigenvalue weighted by Crippen LogP contribution is -2.60. The molecule has 3 aliphatic rings. The summed E-state index contributed by atoms with van der Waals surface area (Å²) in [5.74, 6) is -2.59. The van der Waals surface area contributed by atoms with Crippen LogP contribution in [0.3, 0.4) is 0 Å². The van der Waals surface area contributed by atoms with Gasteiger partial charge >= 0.3 is 0 Å². The number of carbonyl (C=O) groups excluding carboxylic acids is 2. The maximum absolute atomic E-state index is 13.1. The van der Waals surface area contributed by atoms with Gasteiger partial charge < -0.3 is 34.3 Å². The number of amides is 2. The SMILES string of the molecule is Cc1ccccc1NC(=O)[C@@H](C)NC(=O)[C@@H]1O[C@@H]2OC(C)(C)O[C@@H]2[C@H]2OC(C)(C)O[C@H]21. The van der Waals surface area contributed by atoms with Gasteiger partial charge in [-0.05, 0) is 53.2 Å². The molecule has 3 saturated heterocycles. The van der Waals surface area contributed by atoms with E-state index in [9.17, 15) is 9.59 Å². The Hall–Kier alpha value is -2.04. The molecule has 2 amide bonds. The highest BCUT2D eigenvalue weighted by molar-refractivity contribution is 5.98. The van der Waals surface area contributed by atoms with Gasteiger partial charge in [0, 0.05) is 5.69 Å². The number of aryl methyl sites for hydroxylation is 1. The Labute approximate surface area is 181 Å². The Morgan fingerprint density at radius 1 is 0.935 bits per heavy atom. The molecule has 2 N–H and O–H groups in total. The minimum atomic E-state index is -1.01. The molecule has 1 aromatic rings. The third-order valence-corrected chi connectivity index (χ3v) is 5.57. The third kappa shape index (κ3) is 4.47. The van der Waals surface area contributed by atoms with Crippen LogP contribution >= 0.6 is 0 Å². The van der Waals surface area contributed by atoms with E-state index >= 15 is 0 Å². The van der Waals surface area contributed by atoms with Crippen molar-refractivity contribution in [1.29, 1.82) is 0 Å². The number of ether oxygens (including phenoxy) is 5. The van der Waals surface area contributed by atoms with Crippen molar-refractivity contribution in [1.82, 2.24) is 5.32 Å². The second-order valence-corrected chi connectivity index (χ2v) is 9.12. The van der Waals surface area contributed by atoms with Crippen molar-refractivity contribution in [3.8, 4) is 0 Å². The predicted octanol–water partition coefficient (Wildman–Crippen LogP) is 1.83. The standard InChI is InChI=1S/C22H30N2O7/c1-11-9-7-8-10-13(11)24-18(25)12(2)23-19(26)16-14-15(29-21(3,4)28-14)17-20(27-16)31-22(5,6)30-17/h7-10,12,14-17,20H,1-6H3,(H,23,26)(H,24,25)/t12-,14-,15+,16-,17-,20-/m1/s1. The van der Waals surface area contributed by atoms with E-state index in [4.69, 9.17) is 23.7 Å². The first-order valence-electron chi connectivity index (χ1n) is 10.5. The third-order valence-electron chi connectivity index (χ3n) is 5.57. The maximum atomic E-state index is 13.1. The number of fused-ring (bicyclic) bond motifs is 3. The first-order chi connectivity index (χ1) is 14.5. The number of anilines is 1. The summed E-state index contributed by atoms with van der Waals surface area (Å²) in [4.78, 5) is 25.7. The molecule has 0 aromatic heterocycles. The molecule has 3 heterocycles. The van der Waals surface area contributed by atoms with Gasteiger partial charge in [0.25, 0.3) is 5.91 Å². The lowest BCUT2D eigenvalue weighted by atomic mass is 9.98. The molecule has 9 heteroatoms. The molecule has 4 rings (SSSR count). The Kier molecular flexibility index (Phi) is 5.60.